The minimum atomic E-state index is 0.127. The molecule has 1 unspecified atom stereocenters. The van der Waals surface area contributed by atoms with Gasteiger partial charge in [-0.25, -0.2) is 0 Å². The molecule has 76 valence electrons. The van der Waals surface area contributed by atoms with Crippen LogP contribution < -0.4 is 5.32 Å². The van der Waals surface area contributed by atoms with Crippen LogP contribution in [0.2, 0.25) is 5.02 Å². The molecule has 1 heterocycles. The minimum absolute atomic E-state index is 0.127. The van der Waals surface area contributed by atoms with Crippen LogP contribution in [0.1, 0.15) is 18.6 Å². The fraction of sp³-hybridized carbons (Fsp3) is 0.455. The zero-order chi connectivity index (χ0) is 9.97. The van der Waals surface area contributed by atoms with E-state index in [9.17, 15) is 0 Å². The number of hydrogen-bond acceptors (Lipinski definition) is 2. The topological polar surface area (TPSA) is 21.3 Å². The average Bonchev–Trinajstić information content (AvgIpc) is 2.18. The van der Waals surface area contributed by atoms with Gasteiger partial charge in [0.2, 0.25) is 0 Å². The SMILES string of the molecule is C[C@H]1NCCOC1c1cccc(Cl)c1. The van der Waals surface area contributed by atoms with E-state index in [1.165, 1.54) is 0 Å². The Kier molecular flexibility index (Phi) is 3.06. The number of nitrogens with one attached hydrogen (secondary N) is 1. The number of benzene rings is 1. The maximum atomic E-state index is 5.94. The molecule has 1 fully saturated rings. The molecule has 2 atom stereocenters. The fourth-order valence-corrected chi connectivity index (χ4v) is 1.99. The summed E-state index contributed by atoms with van der Waals surface area (Å²) in [6.07, 6.45) is 0.127. The highest BCUT2D eigenvalue weighted by Gasteiger charge is 2.22. The van der Waals surface area contributed by atoms with Crippen molar-refractivity contribution < 1.29 is 4.74 Å². The number of rotatable bonds is 1. The van der Waals surface area contributed by atoms with Gasteiger partial charge in [-0.1, -0.05) is 23.7 Å². The van der Waals surface area contributed by atoms with Gasteiger partial charge < -0.3 is 10.1 Å². The third-order valence-electron chi connectivity index (χ3n) is 2.50. The first kappa shape index (κ1) is 9.97. The lowest BCUT2D eigenvalue weighted by Crippen LogP contribution is -2.41. The van der Waals surface area contributed by atoms with E-state index < -0.39 is 0 Å². The molecule has 1 saturated heterocycles. The minimum Gasteiger partial charge on any atom is -0.371 e. The van der Waals surface area contributed by atoms with Crippen LogP contribution >= 0.6 is 11.6 Å². The Balaban J connectivity index is 2.20. The third-order valence-corrected chi connectivity index (χ3v) is 2.73. The van der Waals surface area contributed by atoms with E-state index in [-0.39, 0.29) is 6.10 Å². The van der Waals surface area contributed by atoms with Crippen molar-refractivity contribution in [1.82, 2.24) is 5.32 Å². The van der Waals surface area contributed by atoms with Crippen molar-refractivity contribution in [2.45, 2.75) is 19.1 Å². The second kappa shape index (κ2) is 4.30. The Bertz CT molecular complexity index is 316. The van der Waals surface area contributed by atoms with E-state index in [1.807, 2.05) is 18.2 Å². The molecular weight excluding hydrogens is 198 g/mol. The summed E-state index contributed by atoms with van der Waals surface area (Å²) < 4.78 is 5.71. The van der Waals surface area contributed by atoms with Crippen LogP contribution in [0.5, 0.6) is 0 Å². The molecule has 0 aromatic heterocycles. The molecule has 0 aliphatic carbocycles. The first-order chi connectivity index (χ1) is 6.77. The molecule has 1 aliphatic rings. The highest BCUT2D eigenvalue weighted by molar-refractivity contribution is 6.30. The molecule has 0 bridgehead atoms. The maximum absolute atomic E-state index is 5.94. The summed E-state index contributed by atoms with van der Waals surface area (Å²) in [4.78, 5) is 0. The molecule has 0 amide bonds. The molecule has 2 rings (SSSR count). The predicted molar refractivity (Wildman–Crippen MR) is 57.6 cm³/mol. The van der Waals surface area contributed by atoms with Crippen molar-refractivity contribution in [3.8, 4) is 0 Å². The Morgan fingerprint density at radius 3 is 3.07 bits per heavy atom. The van der Waals surface area contributed by atoms with Crippen molar-refractivity contribution in [3.05, 3.63) is 34.9 Å². The predicted octanol–water partition coefficient (Wildman–Crippen LogP) is 2.39. The van der Waals surface area contributed by atoms with Crippen molar-refractivity contribution in [2.24, 2.45) is 0 Å². The summed E-state index contributed by atoms with van der Waals surface area (Å²) in [6.45, 7) is 3.82. The van der Waals surface area contributed by atoms with Crippen LogP contribution in [0, 0.1) is 0 Å². The summed E-state index contributed by atoms with van der Waals surface area (Å²) in [5.74, 6) is 0. The molecule has 0 spiro atoms. The summed E-state index contributed by atoms with van der Waals surface area (Å²) in [7, 11) is 0. The molecular formula is C11H14ClNO. The van der Waals surface area contributed by atoms with Crippen molar-refractivity contribution in [2.75, 3.05) is 13.2 Å². The molecule has 1 N–H and O–H groups in total. The van der Waals surface area contributed by atoms with Crippen LogP contribution in [0.3, 0.4) is 0 Å². The summed E-state index contributed by atoms with van der Waals surface area (Å²) >= 11 is 5.94. The second-order valence-electron chi connectivity index (χ2n) is 3.59. The van der Waals surface area contributed by atoms with Gasteiger partial charge in [-0.3, -0.25) is 0 Å². The number of hydrogen-bond donors (Lipinski definition) is 1. The van der Waals surface area contributed by atoms with Crippen LogP contribution in [-0.2, 0) is 4.74 Å². The fourth-order valence-electron chi connectivity index (χ4n) is 1.79. The van der Waals surface area contributed by atoms with Crippen LogP contribution in [0.15, 0.2) is 24.3 Å². The van der Waals surface area contributed by atoms with E-state index in [4.69, 9.17) is 16.3 Å². The quantitative estimate of drug-likeness (QED) is 0.770. The van der Waals surface area contributed by atoms with Crippen molar-refractivity contribution in [1.29, 1.82) is 0 Å². The number of ether oxygens (including phenoxy) is 1. The van der Waals surface area contributed by atoms with Crippen LogP contribution in [0.25, 0.3) is 0 Å². The van der Waals surface area contributed by atoms with E-state index in [1.54, 1.807) is 0 Å². The molecule has 0 radical (unpaired) electrons. The molecule has 1 aliphatic heterocycles. The monoisotopic (exact) mass is 211 g/mol. The molecule has 0 saturated carbocycles. The maximum Gasteiger partial charge on any atom is 0.0976 e. The van der Waals surface area contributed by atoms with Gasteiger partial charge in [-0.2, -0.15) is 0 Å². The molecule has 3 heteroatoms. The highest BCUT2D eigenvalue weighted by atomic mass is 35.5. The Morgan fingerprint density at radius 1 is 1.50 bits per heavy atom. The Hall–Kier alpha value is -0.570. The van der Waals surface area contributed by atoms with Crippen LogP contribution in [-0.4, -0.2) is 19.2 Å². The van der Waals surface area contributed by atoms with Gasteiger partial charge in [-0.15, -0.1) is 0 Å². The van der Waals surface area contributed by atoms with Gasteiger partial charge in [0.05, 0.1) is 12.7 Å². The first-order valence-electron chi connectivity index (χ1n) is 4.88. The van der Waals surface area contributed by atoms with Gasteiger partial charge in [0.1, 0.15) is 0 Å². The van der Waals surface area contributed by atoms with E-state index >= 15 is 0 Å². The van der Waals surface area contributed by atoms with Gasteiger partial charge in [0, 0.05) is 17.6 Å². The second-order valence-corrected chi connectivity index (χ2v) is 4.03. The normalized spacial score (nSPS) is 27.6. The molecule has 1 aromatic carbocycles. The number of halogens is 1. The van der Waals surface area contributed by atoms with E-state index in [2.05, 4.69) is 18.3 Å². The third kappa shape index (κ3) is 2.08. The lowest BCUT2D eigenvalue weighted by Gasteiger charge is -2.30. The van der Waals surface area contributed by atoms with Gasteiger partial charge in [0.25, 0.3) is 0 Å². The average molecular weight is 212 g/mol. The Morgan fingerprint density at radius 2 is 2.36 bits per heavy atom. The lowest BCUT2D eigenvalue weighted by molar-refractivity contribution is -0.000217. The number of morpholine rings is 1. The molecule has 14 heavy (non-hydrogen) atoms. The molecule has 2 nitrogen and oxygen atoms in total. The summed E-state index contributed by atoms with van der Waals surface area (Å²) in [5.41, 5.74) is 1.15. The zero-order valence-electron chi connectivity index (χ0n) is 8.16. The lowest BCUT2D eigenvalue weighted by atomic mass is 10.0. The van der Waals surface area contributed by atoms with Gasteiger partial charge in [0.15, 0.2) is 0 Å². The van der Waals surface area contributed by atoms with E-state index in [0.717, 1.165) is 23.7 Å². The summed E-state index contributed by atoms with van der Waals surface area (Å²) in [5, 5.41) is 4.15. The van der Waals surface area contributed by atoms with E-state index in [0.29, 0.717) is 6.04 Å². The largest absolute Gasteiger partial charge is 0.371 e. The first-order valence-corrected chi connectivity index (χ1v) is 5.25. The standard InChI is InChI=1S/C11H14ClNO/c1-8-11(14-6-5-13-8)9-3-2-4-10(12)7-9/h2-4,7-8,11,13H,5-6H2,1H3/t8-,11?/m1/s1. The van der Waals surface area contributed by atoms with Gasteiger partial charge in [-0.05, 0) is 24.6 Å². The summed E-state index contributed by atoms with van der Waals surface area (Å²) in [6, 6.07) is 8.21. The highest BCUT2D eigenvalue weighted by Crippen LogP contribution is 2.25. The Labute approximate surface area is 89.2 Å². The zero-order valence-corrected chi connectivity index (χ0v) is 8.92. The smallest absolute Gasteiger partial charge is 0.0976 e. The van der Waals surface area contributed by atoms with Crippen molar-refractivity contribution >= 4 is 11.6 Å². The van der Waals surface area contributed by atoms with Crippen LogP contribution in [0.4, 0.5) is 0 Å². The van der Waals surface area contributed by atoms with Crippen molar-refractivity contribution in [3.63, 3.8) is 0 Å². The van der Waals surface area contributed by atoms with Gasteiger partial charge >= 0.3 is 0 Å². The molecule has 1 aromatic rings.